The summed E-state index contributed by atoms with van der Waals surface area (Å²) in [6, 6.07) is 6.67. The van der Waals surface area contributed by atoms with Gasteiger partial charge in [-0.3, -0.25) is 14.9 Å². The first kappa shape index (κ1) is 14.8. The number of carbonyl (C=O) groups excluding carboxylic acids is 2. The van der Waals surface area contributed by atoms with Gasteiger partial charge in [0.15, 0.2) is 0 Å². The Bertz CT molecular complexity index is 592. The number of rotatable bonds is 4. The van der Waals surface area contributed by atoms with Crippen LogP contribution in [0.4, 0.5) is 5.69 Å². The van der Waals surface area contributed by atoms with Gasteiger partial charge in [0.1, 0.15) is 6.04 Å². The third-order valence-electron chi connectivity index (χ3n) is 3.29. The lowest BCUT2D eigenvalue weighted by Gasteiger charge is -2.35. The first-order chi connectivity index (χ1) is 10.0. The monoisotopic (exact) mass is 288 g/mol. The van der Waals surface area contributed by atoms with Crippen LogP contribution in [0.15, 0.2) is 30.3 Å². The summed E-state index contributed by atoms with van der Waals surface area (Å²) in [5.41, 5.74) is 1.50. The molecule has 0 spiro atoms. The SMILES string of the molecule is CCC1C(=O)NC(=O)CN1c1ccc(C=CC(=O)O)cc1. The molecule has 1 fully saturated rings. The Labute approximate surface area is 122 Å². The molecule has 6 heteroatoms. The average Bonchev–Trinajstić information content (AvgIpc) is 2.45. The highest BCUT2D eigenvalue weighted by atomic mass is 16.4. The number of nitrogens with zero attached hydrogens (tertiary/aromatic N) is 1. The maximum Gasteiger partial charge on any atom is 0.328 e. The van der Waals surface area contributed by atoms with Crippen LogP contribution in [-0.2, 0) is 14.4 Å². The number of nitrogens with one attached hydrogen (secondary N) is 1. The van der Waals surface area contributed by atoms with Gasteiger partial charge in [0, 0.05) is 11.8 Å². The number of amides is 2. The van der Waals surface area contributed by atoms with Crippen LogP contribution in [0.2, 0.25) is 0 Å². The Morgan fingerprint density at radius 1 is 1.38 bits per heavy atom. The molecule has 1 aliphatic heterocycles. The van der Waals surface area contributed by atoms with E-state index in [1.807, 2.05) is 6.92 Å². The summed E-state index contributed by atoms with van der Waals surface area (Å²) in [6.07, 6.45) is 3.14. The highest BCUT2D eigenvalue weighted by molar-refractivity contribution is 6.04. The first-order valence-electron chi connectivity index (χ1n) is 6.62. The fourth-order valence-corrected chi connectivity index (χ4v) is 2.29. The topological polar surface area (TPSA) is 86.7 Å². The molecule has 2 rings (SSSR count). The minimum atomic E-state index is -1.01. The number of aliphatic carboxylic acids is 1. The fraction of sp³-hybridized carbons (Fsp3) is 0.267. The summed E-state index contributed by atoms with van der Waals surface area (Å²) < 4.78 is 0. The molecule has 0 bridgehead atoms. The quantitative estimate of drug-likeness (QED) is 0.638. The van der Waals surface area contributed by atoms with E-state index in [0.717, 1.165) is 17.3 Å². The smallest absolute Gasteiger partial charge is 0.328 e. The second-order valence-electron chi connectivity index (χ2n) is 4.73. The van der Waals surface area contributed by atoms with Gasteiger partial charge in [0.25, 0.3) is 0 Å². The van der Waals surface area contributed by atoms with Gasteiger partial charge < -0.3 is 10.0 Å². The fourth-order valence-electron chi connectivity index (χ4n) is 2.29. The van der Waals surface area contributed by atoms with Gasteiger partial charge in [0.2, 0.25) is 11.8 Å². The number of hydrogen-bond donors (Lipinski definition) is 2. The summed E-state index contributed by atoms with van der Waals surface area (Å²) in [5, 5.41) is 10.9. The average molecular weight is 288 g/mol. The maximum atomic E-state index is 11.8. The number of anilines is 1. The third kappa shape index (κ3) is 3.47. The number of piperazine rings is 1. The first-order valence-corrected chi connectivity index (χ1v) is 6.62. The van der Waals surface area contributed by atoms with Crippen LogP contribution in [0, 0.1) is 0 Å². The molecule has 0 radical (unpaired) electrons. The van der Waals surface area contributed by atoms with Crippen molar-refractivity contribution in [1.29, 1.82) is 0 Å². The third-order valence-corrected chi connectivity index (χ3v) is 3.29. The number of carboxylic acids is 1. The Morgan fingerprint density at radius 2 is 2.05 bits per heavy atom. The van der Waals surface area contributed by atoms with Gasteiger partial charge in [-0.05, 0) is 30.2 Å². The molecule has 0 aromatic heterocycles. The van der Waals surface area contributed by atoms with Gasteiger partial charge in [0.05, 0.1) is 6.54 Å². The van der Waals surface area contributed by atoms with Crippen LogP contribution in [-0.4, -0.2) is 35.5 Å². The Kier molecular flexibility index (Phi) is 4.37. The summed E-state index contributed by atoms with van der Waals surface area (Å²) in [5.74, 6) is -1.62. The highest BCUT2D eigenvalue weighted by Crippen LogP contribution is 2.21. The molecule has 1 unspecified atom stereocenters. The highest BCUT2D eigenvalue weighted by Gasteiger charge is 2.32. The van der Waals surface area contributed by atoms with Crippen molar-refractivity contribution >= 4 is 29.5 Å². The van der Waals surface area contributed by atoms with Gasteiger partial charge in [-0.25, -0.2) is 4.79 Å². The Hall–Kier alpha value is -2.63. The van der Waals surface area contributed by atoms with Crippen molar-refractivity contribution in [2.45, 2.75) is 19.4 Å². The summed E-state index contributed by atoms with van der Waals surface area (Å²) >= 11 is 0. The van der Waals surface area contributed by atoms with Crippen LogP contribution in [0.5, 0.6) is 0 Å². The van der Waals surface area contributed by atoms with E-state index in [9.17, 15) is 14.4 Å². The number of imide groups is 1. The molecular formula is C15H16N2O4. The molecule has 1 aromatic carbocycles. The molecule has 6 nitrogen and oxygen atoms in total. The summed E-state index contributed by atoms with van der Waals surface area (Å²) in [4.78, 5) is 35.5. The molecule has 110 valence electrons. The lowest BCUT2D eigenvalue weighted by atomic mass is 10.1. The van der Waals surface area contributed by atoms with Crippen molar-refractivity contribution in [3.63, 3.8) is 0 Å². The van der Waals surface area contributed by atoms with E-state index < -0.39 is 5.97 Å². The molecule has 21 heavy (non-hydrogen) atoms. The van der Waals surface area contributed by atoms with Gasteiger partial charge in [-0.1, -0.05) is 19.1 Å². The van der Waals surface area contributed by atoms with E-state index in [4.69, 9.17) is 5.11 Å². The standard InChI is InChI=1S/C15H16N2O4/c1-2-12-15(21)16-13(18)9-17(12)11-6-3-10(4-7-11)5-8-14(19)20/h3-8,12H,2,9H2,1H3,(H,19,20)(H,16,18,21). The van der Waals surface area contributed by atoms with Gasteiger partial charge in [-0.15, -0.1) is 0 Å². The number of carbonyl (C=O) groups is 3. The van der Waals surface area contributed by atoms with Crippen molar-refractivity contribution in [2.75, 3.05) is 11.4 Å². The van der Waals surface area contributed by atoms with Crippen molar-refractivity contribution < 1.29 is 19.5 Å². The lowest BCUT2D eigenvalue weighted by molar-refractivity contribution is -0.133. The molecule has 2 amide bonds. The minimum absolute atomic E-state index is 0.133. The largest absolute Gasteiger partial charge is 0.478 e. The van der Waals surface area contributed by atoms with E-state index >= 15 is 0 Å². The number of benzene rings is 1. The van der Waals surface area contributed by atoms with E-state index in [1.165, 1.54) is 6.08 Å². The van der Waals surface area contributed by atoms with E-state index in [2.05, 4.69) is 5.32 Å². The molecule has 0 aliphatic carbocycles. The molecule has 1 aliphatic rings. The number of hydrogen-bond acceptors (Lipinski definition) is 4. The van der Waals surface area contributed by atoms with Crippen molar-refractivity contribution in [2.24, 2.45) is 0 Å². The summed E-state index contributed by atoms with van der Waals surface area (Å²) in [7, 11) is 0. The number of carboxylic acid groups (broad SMARTS) is 1. The summed E-state index contributed by atoms with van der Waals surface area (Å²) in [6.45, 7) is 2.02. The molecule has 1 saturated heterocycles. The molecule has 1 heterocycles. The van der Waals surface area contributed by atoms with Crippen LogP contribution in [0.1, 0.15) is 18.9 Å². The van der Waals surface area contributed by atoms with Crippen molar-refractivity contribution in [1.82, 2.24) is 5.32 Å². The molecule has 2 N–H and O–H groups in total. The zero-order chi connectivity index (χ0) is 15.4. The Balaban J connectivity index is 2.22. The van der Waals surface area contributed by atoms with Gasteiger partial charge >= 0.3 is 5.97 Å². The van der Waals surface area contributed by atoms with Crippen molar-refractivity contribution in [3.8, 4) is 0 Å². The van der Waals surface area contributed by atoms with Crippen molar-refractivity contribution in [3.05, 3.63) is 35.9 Å². The zero-order valence-corrected chi connectivity index (χ0v) is 11.6. The van der Waals surface area contributed by atoms with E-state index in [1.54, 1.807) is 29.2 Å². The Morgan fingerprint density at radius 3 is 2.62 bits per heavy atom. The van der Waals surface area contributed by atoms with Crippen LogP contribution in [0.25, 0.3) is 6.08 Å². The second-order valence-corrected chi connectivity index (χ2v) is 4.73. The predicted molar refractivity (Wildman–Crippen MR) is 77.7 cm³/mol. The molecule has 0 saturated carbocycles. The second kappa shape index (κ2) is 6.21. The van der Waals surface area contributed by atoms with E-state index in [-0.39, 0.29) is 24.4 Å². The van der Waals surface area contributed by atoms with Crippen LogP contribution >= 0.6 is 0 Å². The maximum absolute atomic E-state index is 11.8. The van der Waals surface area contributed by atoms with E-state index in [0.29, 0.717) is 6.42 Å². The normalized spacial score (nSPS) is 18.9. The predicted octanol–water partition coefficient (Wildman–Crippen LogP) is 1.03. The van der Waals surface area contributed by atoms with Crippen LogP contribution < -0.4 is 10.2 Å². The molecule has 1 aromatic rings. The van der Waals surface area contributed by atoms with Gasteiger partial charge in [-0.2, -0.15) is 0 Å². The minimum Gasteiger partial charge on any atom is -0.478 e. The molecular weight excluding hydrogens is 272 g/mol. The van der Waals surface area contributed by atoms with Crippen LogP contribution in [0.3, 0.4) is 0 Å². The lowest BCUT2D eigenvalue weighted by Crippen LogP contribution is -2.58. The molecule has 1 atom stereocenters. The zero-order valence-electron chi connectivity index (χ0n) is 11.6.